The van der Waals surface area contributed by atoms with Gasteiger partial charge < -0.3 is 10.0 Å². The molecule has 17 heavy (non-hydrogen) atoms. The Morgan fingerprint density at radius 1 is 1.71 bits per heavy atom. The van der Waals surface area contributed by atoms with Crippen molar-refractivity contribution in [1.82, 2.24) is 9.78 Å². The van der Waals surface area contributed by atoms with Crippen LogP contribution in [0.2, 0.25) is 0 Å². The van der Waals surface area contributed by atoms with Gasteiger partial charge in [0.25, 0.3) is 0 Å². The van der Waals surface area contributed by atoms with E-state index in [1.807, 2.05) is 6.07 Å². The van der Waals surface area contributed by atoms with Crippen molar-refractivity contribution in [2.75, 3.05) is 18.0 Å². The number of hydrogen-bond acceptors (Lipinski definition) is 4. The summed E-state index contributed by atoms with van der Waals surface area (Å²) < 4.78 is 1.47. The number of rotatable bonds is 4. The lowest BCUT2D eigenvalue weighted by atomic mass is 10.2. The van der Waals surface area contributed by atoms with Crippen molar-refractivity contribution < 1.29 is 9.90 Å². The molecule has 0 aliphatic carbocycles. The first-order chi connectivity index (χ1) is 8.01. The molecule has 0 saturated heterocycles. The fraction of sp³-hybridized carbons (Fsp3) is 0.364. The van der Waals surface area contributed by atoms with Gasteiger partial charge in [-0.15, -0.1) is 6.42 Å². The van der Waals surface area contributed by atoms with E-state index in [2.05, 4.69) is 11.0 Å². The van der Waals surface area contributed by atoms with E-state index in [4.69, 9.17) is 16.8 Å². The van der Waals surface area contributed by atoms with Crippen LogP contribution >= 0.6 is 0 Å². The van der Waals surface area contributed by atoms with Gasteiger partial charge in [-0.1, -0.05) is 5.92 Å². The quantitative estimate of drug-likeness (QED) is 0.746. The molecule has 6 nitrogen and oxygen atoms in total. The molecular weight excluding hydrogens is 220 g/mol. The van der Waals surface area contributed by atoms with Crippen LogP contribution in [0.4, 0.5) is 5.82 Å². The molecule has 1 aromatic heterocycles. The lowest BCUT2D eigenvalue weighted by molar-refractivity contribution is -0.135. The third-order valence-corrected chi connectivity index (χ3v) is 2.21. The molecule has 0 aliphatic heterocycles. The monoisotopic (exact) mass is 232 g/mol. The van der Waals surface area contributed by atoms with Gasteiger partial charge in [0.15, 0.2) is 0 Å². The largest absolute Gasteiger partial charge is 0.480 e. The van der Waals surface area contributed by atoms with E-state index in [-0.39, 0.29) is 13.1 Å². The molecule has 0 fully saturated rings. The number of aromatic nitrogens is 2. The van der Waals surface area contributed by atoms with Gasteiger partial charge in [-0.05, 0) is 6.92 Å². The molecule has 6 heteroatoms. The number of nitriles is 1. The second-order valence-corrected chi connectivity index (χ2v) is 3.47. The Hall–Kier alpha value is -2.47. The number of aryl methyl sites for hydroxylation is 2. The molecule has 0 amide bonds. The Balaban J connectivity index is 3.23. The summed E-state index contributed by atoms with van der Waals surface area (Å²) in [5.41, 5.74) is 0.904. The third-order valence-electron chi connectivity index (χ3n) is 2.21. The Kier molecular flexibility index (Phi) is 3.74. The topological polar surface area (TPSA) is 82.2 Å². The number of nitrogens with zero attached hydrogens (tertiary/aromatic N) is 4. The van der Waals surface area contributed by atoms with Crippen molar-refractivity contribution in [2.24, 2.45) is 7.05 Å². The predicted molar refractivity (Wildman–Crippen MR) is 61.3 cm³/mol. The number of carbonyl (C=O) groups is 1. The molecule has 1 heterocycles. The molecule has 0 aromatic carbocycles. The highest BCUT2D eigenvalue weighted by Crippen LogP contribution is 2.21. The summed E-state index contributed by atoms with van der Waals surface area (Å²) in [6.07, 6.45) is 5.19. The van der Waals surface area contributed by atoms with E-state index < -0.39 is 5.97 Å². The molecule has 0 unspecified atom stereocenters. The zero-order chi connectivity index (χ0) is 13.0. The fourth-order valence-electron chi connectivity index (χ4n) is 1.62. The molecule has 0 saturated carbocycles. The smallest absolute Gasteiger partial charge is 0.323 e. The number of terminal acetylenes is 1. The molecule has 0 atom stereocenters. The van der Waals surface area contributed by atoms with E-state index in [0.29, 0.717) is 17.1 Å². The standard InChI is InChI=1S/C11H12N4O2/c1-4-5-15(7-10(16)17)11-9(6-12)8(2)13-14(11)3/h1H,5,7H2,2-3H3,(H,16,17). The summed E-state index contributed by atoms with van der Waals surface area (Å²) in [5.74, 6) is 1.80. The summed E-state index contributed by atoms with van der Waals surface area (Å²) in [6, 6.07) is 2.01. The second-order valence-electron chi connectivity index (χ2n) is 3.47. The minimum absolute atomic E-state index is 0.111. The number of carboxylic acid groups (broad SMARTS) is 1. The van der Waals surface area contributed by atoms with Crippen LogP contribution in [0.5, 0.6) is 0 Å². The van der Waals surface area contributed by atoms with Crippen LogP contribution in [-0.4, -0.2) is 33.9 Å². The van der Waals surface area contributed by atoms with Gasteiger partial charge in [-0.3, -0.25) is 9.48 Å². The Labute approximate surface area is 99.1 Å². The van der Waals surface area contributed by atoms with E-state index in [1.54, 1.807) is 14.0 Å². The van der Waals surface area contributed by atoms with Gasteiger partial charge in [0, 0.05) is 7.05 Å². The van der Waals surface area contributed by atoms with Gasteiger partial charge >= 0.3 is 5.97 Å². The van der Waals surface area contributed by atoms with Crippen LogP contribution < -0.4 is 4.90 Å². The highest BCUT2D eigenvalue weighted by atomic mass is 16.4. The van der Waals surface area contributed by atoms with Crippen molar-refractivity contribution in [3.8, 4) is 18.4 Å². The number of hydrogen-bond donors (Lipinski definition) is 1. The number of anilines is 1. The normalized spacial score (nSPS) is 9.41. The number of aliphatic carboxylic acids is 1. The molecular formula is C11H12N4O2. The third kappa shape index (κ3) is 2.56. The van der Waals surface area contributed by atoms with Crippen LogP contribution in [0.25, 0.3) is 0 Å². The lowest BCUT2D eigenvalue weighted by Crippen LogP contribution is -2.32. The first kappa shape index (κ1) is 12.6. The summed E-state index contributed by atoms with van der Waals surface area (Å²) in [6.45, 7) is 1.54. The highest BCUT2D eigenvalue weighted by Gasteiger charge is 2.20. The zero-order valence-corrected chi connectivity index (χ0v) is 9.64. The van der Waals surface area contributed by atoms with Gasteiger partial charge in [0.2, 0.25) is 0 Å². The van der Waals surface area contributed by atoms with Gasteiger partial charge in [-0.2, -0.15) is 10.4 Å². The van der Waals surface area contributed by atoms with Gasteiger partial charge in [0.05, 0.1) is 12.2 Å². The zero-order valence-electron chi connectivity index (χ0n) is 9.64. The summed E-state index contributed by atoms with van der Waals surface area (Å²) in [7, 11) is 1.65. The maximum Gasteiger partial charge on any atom is 0.323 e. The molecule has 0 radical (unpaired) electrons. The van der Waals surface area contributed by atoms with Crippen molar-refractivity contribution in [3.63, 3.8) is 0 Å². The second kappa shape index (κ2) is 5.04. The first-order valence-corrected chi connectivity index (χ1v) is 4.85. The number of carboxylic acids is 1. The van der Waals surface area contributed by atoms with Crippen LogP contribution in [0.1, 0.15) is 11.3 Å². The molecule has 0 aliphatic rings. The van der Waals surface area contributed by atoms with Crippen molar-refractivity contribution in [3.05, 3.63) is 11.3 Å². The van der Waals surface area contributed by atoms with Gasteiger partial charge in [0.1, 0.15) is 24.0 Å². The molecule has 0 bridgehead atoms. The average molecular weight is 232 g/mol. The first-order valence-electron chi connectivity index (χ1n) is 4.85. The van der Waals surface area contributed by atoms with E-state index in [1.165, 1.54) is 9.58 Å². The highest BCUT2D eigenvalue weighted by molar-refractivity contribution is 5.74. The van der Waals surface area contributed by atoms with E-state index in [0.717, 1.165) is 0 Å². The Bertz CT molecular complexity index is 519. The summed E-state index contributed by atoms with van der Waals surface area (Å²) in [5, 5.41) is 21.9. The molecule has 1 rings (SSSR count). The summed E-state index contributed by atoms with van der Waals surface area (Å²) >= 11 is 0. The van der Waals surface area contributed by atoms with Crippen molar-refractivity contribution in [1.29, 1.82) is 5.26 Å². The molecule has 88 valence electrons. The van der Waals surface area contributed by atoms with E-state index in [9.17, 15) is 4.79 Å². The minimum atomic E-state index is -1.01. The van der Waals surface area contributed by atoms with Crippen molar-refractivity contribution >= 4 is 11.8 Å². The van der Waals surface area contributed by atoms with Crippen LogP contribution in [0.3, 0.4) is 0 Å². The maximum absolute atomic E-state index is 10.8. The van der Waals surface area contributed by atoms with Crippen LogP contribution in [-0.2, 0) is 11.8 Å². The summed E-state index contributed by atoms with van der Waals surface area (Å²) in [4.78, 5) is 12.2. The van der Waals surface area contributed by atoms with Gasteiger partial charge in [-0.25, -0.2) is 0 Å². The SMILES string of the molecule is C#CCN(CC(=O)O)c1c(C#N)c(C)nn1C. The van der Waals surface area contributed by atoms with Crippen molar-refractivity contribution in [2.45, 2.75) is 6.92 Å². The van der Waals surface area contributed by atoms with Crippen LogP contribution in [0, 0.1) is 30.6 Å². The molecule has 0 spiro atoms. The Morgan fingerprint density at radius 3 is 2.82 bits per heavy atom. The van der Waals surface area contributed by atoms with Crippen LogP contribution in [0.15, 0.2) is 0 Å². The fourth-order valence-corrected chi connectivity index (χ4v) is 1.62. The molecule has 1 aromatic rings. The average Bonchev–Trinajstić information content (AvgIpc) is 2.51. The Morgan fingerprint density at radius 2 is 2.35 bits per heavy atom. The molecule has 1 N–H and O–H groups in total. The lowest BCUT2D eigenvalue weighted by Gasteiger charge is -2.20. The maximum atomic E-state index is 10.8. The predicted octanol–water partition coefficient (Wildman–Crippen LogP) is 0.124. The minimum Gasteiger partial charge on any atom is -0.480 e. The van der Waals surface area contributed by atoms with E-state index >= 15 is 0 Å².